The SMILES string of the molecule is C#CCN1C[C@@H](CO)O[C@@H]1c1ccccc1. The van der Waals surface area contributed by atoms with Crippen LogP contribution in [-0.2, 0) is 4.74 Å². The fourth-order valence-corrected chi connectivity index (χ4v) is 1.94. The topological polar surface area (TPSA) is 32.7 Å². The summed E-state index contributed by atoms with van der Waals surface area (Å²) in [5.41, 5.74) is 1.08. The molecule has 1 saturated heterocycles. The van der Waals surface area contributed by atoms with E-state index in [0.717, 1.165) is 5.56 Å². The number of aliphatic hydroxyl groups is 1. The highest BCUT2D eigenvalue weighted by molar-refractivity contribution is 5.18. The summed E-state index contributed by atoms with van der Waals surface area (Å²) >= 11 is 0. The first-order chi connectivity index (χ1) is 7.85. The molecule has 3 heteroatoms. The molecule has 1 aromatic rings. The van der Waals surface area contributed by atoms with Crippen molar-refractivity contribution in [1.29, 1.82) is 0 Å². The van der Waals surface area contributed by atoms with Gasteiger partial charge in [-0.2, -0.15) is 0 Å². The number of nitrogens with zero attached hydrogens (tertiary/aromatic N) is 1. The third kappa shape index (κ3) is 2.25. The molecule has 0 radical (unpaired) electrons. The van der Waals surface area contributed by atoms with Crippen LogP contribution in [0.2, 0.25) is 0 Å². The summed E-state index contributed by atoms with van der Waals surface area (Å²) in [6, 6.07) is 9.92. The fraction of sp³-hybridized carbons (Fsp3) is 0.385. The van der Waals surface area contributed by atoms with E-state index >= 15 is 0 Å². The van der Waals surface area contributed by atoms with Crippen molar-refractivity contribution in [3.8, 4) is 12.3 Å². The molecule has 16 heavy (non-hydrogen) atoms. The Morgan fingerprint density at radius 1 is 1.44 bits per heavy atom. The van der Waals surface area contributed by atoms with Gasteiger partial charge in [-0.25, -0.2) is 0 Å². The molecular formula is C13H15NO2. The number of hydrogen-bond donors (Lipinski definition) is 1. The van der Waals surface area contributed by atoms with Gasteiger partial charge in [-0.15, -0.1) is 6.42 Å². The quantitative estimate of drug-likeness (QED) is 0.767. The van der Waals surface area contributed by atoms with E-state index in [-0.39, 0.29) is 18.9 Å². The first-order valence-corrected chi connectivity index (χ1v) is 5.34. The van der Waals surface area contributed by atoms with Gasteiger partial charge in [0.25, 0.3) is 0 Å². The first-order valence-electron chi connectivity index (χ1n) is 5.34. The molecule has 0 bridgehead atoms. The highest BCUT2D eigenvalue weighted by Gasteiger charge is 2.32. The molecule has 1 fully saturated rings. The Balaban J connectivity index is 2.16. The zero-order valence-electron chi connectivity index (χ0n) is 9.04. The molecule has 84 valence electrons. The fourth-order valence-electron chi connectivity index (χ4n) is 1.94. The predicted octanol–water partition coefficient (Wildman–Crippen LogP) is 1.01. The lowest BCUT2D eigenvalue weighted by molar-refractivity contribution is -0.0166. The van der Waals surface area contributed by atoms with Crippen molar-refractivity contribution in [2.24, 2.45) is 0 Å². The maximum atomic E-state index is 9.11. The zero-order chi connectivity index (χ0) is 11.4. The van der Waals surface area contributed by atoms with Gasteiger partial charge in [0.1, 0.15) is 6.23 Å². The van der Waals surface area contributed by atoms with Crippen LogP contribution in [0.3, 0.4) is 0 Å². The zero-order valence-corrected chi connectivity index (χ0v) is 9.04. The summed E-state index contributed by atoms with van der Waals surface area (Å²) in [5, 5.41) is 9.11. The second-order valence-electron chi connectivity index (χ2n) is 3.84. The number of rotatable bonds is 3. The average molecular weight is 217 g/mol. The van der Waals surface area contributed by atoms with Crippen LogP contribution in [0.5, 0.6) is 0 Å². The molecule has 0 aliphatic carbocycles. The van der Waals surface area contributed by atoms with Crippen molar-refractivity contribution < 1.29 is 9.84 Å². The van der Waals surface area contributed by atoms with Gasteiger partial charge >= 0.3 is 0 Å². The lowest BCUT2D eigenvalue weighted by Gasteiger charge is -2.20. The van der Waals surface area contributed by atoms with Gasteiger partial charge in [0.15, 0.2) is 0 Å². The molecule has 1 aromatic carbocycles. The second-order valence-corrected chi connectivity index (χ2v) is 3.84. The molecule has 0 saturated carbocycles. The second kappa shape index (κ2) is 5.13. The molecule has 0 spiro atoms. The molecule has 1 aliphatic heterocycles. The van der Waals surface area contributed by atoms with Gasteiger partial charge in [0.05, 0.1) is 19.3 Å². The van der Waals surface area contributed by atoms with E-state index < -0.39 is 0 Å². The number of terminal acetylenes is 1. The van der Waals surface area contributed by atoms with Crippen LogP contribution < -0.4 is 0 Å². The van der Waals surface area contributed by atoms with Crippen LogP contribution in [0.4, 0.5) is 0 Å². The first kappa shape index (κ1) is 11.2. The van der Waals surface area contributed by atoms with Crippen LogP contribution in [0.15, 0.2) is 30.3 Å². The number of ether oxygens (including phenoxy) is 1. The van der Waals surface area contributed by atoms with E-state index in [1.54, 1.807) is 0 Å². The van der Waals surface area contributed by atoms with E-state index in [0.29, 0.717) is 13.1 Å². The van der Waals surface area contributed by atoms with Gasteiger partial charge in [-0.1, -0.05) is 36.3 Å². The smallest absolute Gasteiger partial charge is 0.138 e. The summed E-state index contributed by atoms with van der Waals surface area (Å²) < 4.78 is 5.74. The molecule has 1 heterocycles. The van der Waals surface area contributed by atoms with Crippen molar-refractivity contribution in [2.75, 3.05) is 19.7 Å². The van der Waals surface area contributed by atoms with Gasteiger partial charge in [0.2, 0.25) is 0 Å². The van der Waals surface area contributed by atoms with Gasteiger partial charge in [-0.05, 0) is 5.56 Å². The van der Waals surface area contributed by atoms with Crippen LogP contribution in [0.1, 0.15) is 11.8 Å². The van der Waals surface area contributed by atoms with E-state index in [4.69, 9.17) is 16.3 Å². The lowest BCUT2D eigenvalue weighted by Crippen LogP contribution is -2.25. The van der Waals surface area contributed by atoms with Crippen molar-refractivity contribution >= 4 is 0 Å². The summed E-state index contributed by atoms with van der Waals surface area (Å²) in [6.45, 7) is 1.25. The van der Waals surface area contributed by atoms with Gasteiger partial charge < -0.3 is 9.84 Å². The molecule has 1 N–H and O–H groups in total. The summed E-state index contributed by atoms with van der Waals surface area (Å²) in [5.74, 6) is 2.62. The maximum Gasteiger partial charge on any atom is 0.138 e. The minimum Gasteiger partial charge on any atom is -0.394 e. The van der Waals surface area contributed by atoms with Gasteiger partial charge in [0, 0.05) is 6.54 Å². The van der Waals surface area contributed by atoms with Crippen LogP contribution >= 0.6 is 0 Å². The molecule has 2 atom stereocenters. The van der Waals surface area contributed by atoms with Crippen LogP contribution in [0.25, 0.3) is 0 Å². The molecular weight excluding hydrogens is 202 g/mol. The lowest BCUT2D eigenvalue weighted by atomic mass is 10.2. The van der Waals surface area contributed by atoms with Gasteiger partial charge in [-0.3, -0.25) is 4.90 Å². The molecule has 1 aliphatic rings. The number of benzene rings is 1. The van der Waals surface area contributed by atoms with Crippen LogP contribution in [0, 0.1) is 12.3 Å². The molecule has 2 rings (SSSR count). The monoisotopic (exact) mass is 217 g/mol. The number of aliphatic hydroxyl groups excluding tert-OH is 1. The Morgan fingerprint density at radius 2 is 2.19 bits per heavy atom. The standard InChI is InChI=1S/C13H15NO2/c1-2-8-14-9-12(10-15)16-13(14)11-6-4-3-5-7-11/h1,3-7,12-13,15H,8-10H2/t12-,13+/m0/s1. The predicted molar refractivity (Wildman–Crippen MR) is 61.5 cm³/mol. The minimum atomic E-state index is -0.140. The summed E-state index contributed by atoms with van der Waals surface area (Å²) in [4.78, 5) is 2.05. The van der Waals surface area contributed by atoms with Crippen molar-refractivity contribution in [3.63, 3.8) is 0 Å². The minimum absolute atomic E-state index is 0.0321. The molecule has 3 nitrogen and oxygen atoms in total. The van der Waals surface area contributed by atoms with E-state index in [9.17, 15) is 0 Å². The third-order valence-corrected chi connectivity index (χ3v) is 2.67. The van der Waals surface area contributed by atoms with Crippen molar-refractivity contribution in [2.45, 2.75) is 12.3 Å². The molecule has 0 unspecified atom stereocenters. The third-order valence-electron chi connectivity index (χ3n) is 2.67. The normalized spacial score (nSPS) is 25.5. The molecule has 0 amide bonds. The Hall–Kier alpha value is -1.34. The average Bonchev–Trinajstić information content (AvgIpc) is 2.74. The maximum absolute atomic E-state index is 9.11. The molecule has 0 aromatic heterocycles. The summed E-state index contributed by atoms with van der Waals surface area (Å²) in [7, 11) is 0. The van der Waals surface area contributed by atoms with E-state index in [1.807, 2.05) is 30.3 Å². The van der Waals surface area contributed by atoms with E-state index in [2.05, 4.69) is 10.8 Å². The highest BCUT2D eigenvalue weighted by Crippen LogP contribution is 2.29. The van der Waals surface area contributed by atoms with E-state index in [1.165, 1.54) is 0 Å². The van der Waals surface area contributed by atoms with Crippen molar-refractivity contribution in [1.82, 2.24) is 4.90 Å². The Morgan fingerprint density at radius 3 is 2.81 bits per heavy atom. The van der Waals surface area contributed by atoms with Crippen molar-refractivity contribution in [3.05, 3.63) is 35.9 Å². The Labute approximate surface area is 95.6 Å². The highest BCUT2D eigenvalue weighted by atomic mass is 16.5. The van der Waals surface area contributed by atoms with Crippen LogP contribution in [-0.4, -0.2) is 35.8 Å². The Kier molecular flexibility index (Phi) is 3.58. The Bertz CT molecular complexity index is 371. The number of hydrogen-bond acceptors (Lipinski definition) is 3. The summed E-state index contributed by atoms with van der Waals surface area (Å²) in [6.07, 6.45) is 5.06. The largest absolute Gasteiger partial charge is 0.394 e.